The fourth-order valence-electron chi connectivity index (χ4n) is 2.45. The molecule has 2 nitrogen and oxygen atoms in total. The van der Waals surface area contributed by atoms with E-state index >= 15 is 0 Å². The highest BCUT2D eigenvalue weighted by Gasteiger charge is 2.12. The van der Waals surface area contributed by atoms with Crippen LogP contribution >= 0.6 is 22.9 Å². The van der Waals surface area contributed by atoms with Gasteiger partial charge in [0.15, 0.2) is 0 Å². The third kappa shape index (κ3) is 2.97. The van der Waals surface area contributed by atoms with Crippen molar-refractivity contribution in [1.82, 2.24) is 9.55 Å². The molecule has 0 fully saturated rings. The smallest absolute Gasteiger partial charge is 0.125 e. The zero-order chi connectivity index (χ0) is 14.8. The number of benzene rings is 1. The summed E-state index contributed by atoms with van der Waals surface area (Å²) < 4.78 is 15.6. The molecule has 0 spiro atoms. The number of aryl methyl sites for hydroxylation is 2. The first-order valence-electron chi connectivity index (χ1n) is 6.99. The number of imidazole rings is 1. The van der Waals surface area contributed by atoms with E-state index in [2.05, 4.69) is 28.6 Å². The maximum absolute atomic E-state index is 13.5. The highest BCUT2D eigenvalue weighted by molar-refractivity contribution is 7.11. The van der Waals surface area contributed by atoms with Gasteiger partial charge < -0.3 is 4.57 Å². The number of rotatable bonds is 5. The van der Waals surface area contributed by atoms with Crippen LogP contribution in [0.3, 0.4) is 0 Å². The zero-order valence-corrected chi connectivity index (χ0v) is 13.3. The molecule has 0 aliphatic carbocycles. The monoisotopic (exact) mass is 322 g/mol. The Bertz CT molecular complexity index is 763. The molecule has 1 aromatic carbocycles. The average Bonchev–Trinajstić information content (AvgIpc) is 3.06. The second-order valence-electron chi connectivity index (χ2n) is 4.91. The number of hydrogen-bond donors (Lipinski definition) is 0. The van der Waals surface area contributed by atoms with Crippen molar-refractivity contribution in [2.75, 3.05) is 5.88 Å². The summed E-state index contributed by atoms with van der Waals surface area (Å²) in [6.07, 6.45) is 1.72. The molecule has 5 heteroatoms. The number of fused-ring (bicyclic) bond motifs is 1. The Hall–Kier alpha value is -1.39. The van der Waals surface area contributed by atoms with E-state index in [0.717, 1.165) is 29.8 Å². The summed E-state index contributed by atoms with van der Waals surface area (Å²) >= 11 is 7.67. The van der Waals surface area contributed by atoms with Crippen LogP contribution in [0.2, 0.25) is 0 Å². The number of aromatic nitrogens is 2. The van der Waals surface area contributed by atoms with Crippen LogP contribution in [0.4, 0.5) is 4.39 Å². The first kappa shape index (κ1) is 14.5. The maximum Gasteiger partial charge on any atom is 0.125 e. The quantitative estimate of drug-likeness (QED) is 0.626. The van der Waals surface area contributed by atoms with E-state index in [4.69, 9.17) is 11.6 Å². The van der Waals surface area contributed by atoms with E-state index in [1.54, 1.807) is 23.5 Å². The molecule has 110 valence electrons. The van der Waals surface area contributed by atoms with Gasteiger partial charge in [-0.05, 0) is 36.8 Å². The highest BCUT2D eigenvalue weighted by Crippen LogP contribution is 2.23. The summed E-state index contributed by atoms with van der Waals surface area (Å²) in [4.78, 5) is 7.20. The molecule has 3 aromatic rings. The number of alkyl halides is 1. The van der Waals surface area contributed by atoms with Crippen LogP contribution in [0.5, 0.6) is 0 Å². The lowest BCUT2D eigenvalue weighted by Crippen LogP contribution is -2.05. The van der Waals surface area contributed by atoms with Crippen LogP contribution in [0, 0.1) is 5.82 Å². The fraction of sp³-hybridized carbons (Fsp3) is 0.312. The van der Waals surface area contributed by atoms with Gasteiger partial charge in [0, 0.05) is 22.1 Å². The Kier molecular flexibility index (Phi) is 4.27. The minimum atomic E-state index is -0.235. The van der Waals surface area contributed by atoms with E-state index in [1.807, 2.05) is 0 Å². The first-order valence-corrected chi connectivity index (χ1v) is 8.34. The standard InChI is InChI=1S/C16H16ClFN2S/c1-2-12-4-5-13(21-12)10-20-15-9-11(18)3-6-14(15)19-16(20)7-8-17/h3-6,9H,2,7-8,10H2,1H3. The molecular formula is C16H16ClFN2S. The summed E-state index contributed by atoms with van der Waals surface area (Å²) in [6.45, 7) is 2.87. The molecule has 0 unspecified atom stereocenters. The Labute approximate surface area is 132 Å². The summed E-state index contributed by atoms with van der Waals surface area (Å²) in [5.41, 5.74) is 1.66. The molecule has 2 aromatic heterocycles. The van der Waals surface area contributed by atoms with Crippen molar-refractivity contribution in [3.8, 4) is 0 Å². The largest absolute Gasteiger partial charge is 0.323 e. The lowest BCUT2D eigenvalue weighted by atomic mass is 10.3. The van der Waals surface area contributed by atoms with Crippen LogP contribution in [0.25, 0.3) is 11.0 Å². The van der Waals surface area contributed by atoms with E-state index in [1.165, 1.54) is 15.8 Å². The number of halogens is 2. The molecule has 0 saturated heterocycles. The van der Waals surface area contributed by atoms with E-state index in [0.29, 0.717) is 12.3 Å². The Balaban J connectivity index is 2.05. The van der Waals surface area contributed by atoms with Gasteiger partial charge in [-0.1, -0.05) is 6.92 Å². The van der Waals surface area contributed by atoms with Crippen molar-refractivity contribution < 1.29 is 4.39 Å². The third-order valence-corrected chi connectivity index (χ3v) is 4.89. The van der Waals surface area contributed by atoms with E-state index < -0.39 is 0 Å². The van der Waals surface area contributed by atoms with Gasteiger partial charge in [0.05, 0.1) is 17.6 Å². The molecule has 0 N–H and O–H groups in total. The second kappa shape index (κ2) is 6.16. The van der Waals surface area contributed by atoms with Crippen LogP contribution < -0.4 is 0 Å². The predicted octanol–water partition coefficient (Wildman–Crippen LogP) is 4.63. The maximum atomic E-state index is 13.5. The summed E-state index contributed by atoms with van der Waals surface area (Å²) in [6, 6.07) is 9.02. The van der Waals surface area contributed by atoms with Crippen LogP contribution in [0.1, 0.15) is 22.5 Å². The van der Waals surface area contributed by atoms with Crippen molar-refractivity contribution in [1.29, 1.82) is 0 Å². The topological polar surface area (TPSA) is 17.8 Å². The van der Waals surface area contributed by atoms with Gasteiger partial charge >= 0.3 is 0 Å². The molecule has 0 amide bonds. The third-order valence-electron chi connectivity index (χ3n) is 3.49. The zero-order valence-electron chi connectivity index (χ0n) is 11.8. The van der Waals surface area contributed by atoms with E-state index in [-0.39, 0.29) is 5.82 Å². The molecule has 0 saturated carbocycles. The average molecular weight is 323 g/mol. The molecule has 0 bridgehead atoms. The summed E-state index contributed by atoms with van der Waals surface area (Å²) in [5.74, 6) is 1.19. The molecule has 21 heavy (non-hydrogen) atoms. The van der Waals surface area contributed by atoms with Crippen molar-refractivity contribution in [3.05, 3.63) is 51.7 Å². The summed E-state index contributed by atoms with van der Waals surface area (Å²) in [5, 5.41) is 0. The molecule has 0 radical (unpaired) electrons. The van der Waals surface area contributed by atoms with Gasteiger partial charge in [0.25, 0.3) is 0 Å². The molecule has 0 aliphatic heterocycles. The number of nitrogens with zero attached hydrogens (tertiary/aromatic N) is 2. The first-order chi connectivity index (χ1) is 10.2. The van der Waals surface area contributed by atoms with Gasteiger partial charge in [-0.25, -0.2) is 9.37 Å². The molecule has 2 heterocycles. The van der Waals surface area contributed by atoms with Crippen LogP contribution in [0.15, 0.2) is 30.3 Å². The molecule has 3 rings (SSSR count). The normalized spacial score (nSPS) is 11.4. The van der Waals surface area contributed by atoms with Crippen molar-refractivity contribution in [3.63, 3.8) is 0 Å². The summed E-state index contributed by atoms with van der Waals surface area (Å²) in [7, 11) is 0. The van der Waals surface area contributed by atoms with Crippen LogP contribution in [-0.2, 0) is 19.4 Å². The lowest BCUT2D eigenvalue weighted by molar-refractivity contribution is 0.628. The molecule has 0 aliphatic rings. The SMILES string of the molecule is CCc1ccc(Cn2c(CCCl)nc3ccc(F)cc32)s1. The van der Waals surface area contributed by atoms with Crippen molar-refractivity contribution in [2.45, 2.75) is 26.3 Å². The Morgan fingerprint density at radius 2 is 2.05 bits per heavy atom. The van der Waals surface area contributed by atoms with Crippen molar-refractivity contribution in [2.24, 2.45) is 0 Å². The Morgan fingerprint density at radius 3 is 2.76 bits per heavy atom. The Morgan fingerprint density at radius 1 is 1.24 bits per heavy atom. The van der Waals surface area contributed by atoms with Crippen LogP contribution in [-0.4, -0.2) is 15.4 Å². The van der Waals surface area contributed by atoms with Gasteiger partial charge in [0.1, 0.15) is 11.6 Å². The van der Waals surface area contributed by atoms with Gasteiger partial charge in [0.2, 0.25) is 0 Å². The minimum Gasteiger partial charge on any atom is -0.323 e. The van der Waals surface area contributed by atoms with Gasteiger partial charge in [-0.2, -0.15) is 0 Å². The predicted molar refractivity (Wildman–Crippen MR) is 86.9 cm³/mol. The van der Waals surface area contributed by atoms with Gasteiger partial charge in [-0.3, -0.25) is 0 Å². The molecular weight excluding hydrogens is 307 g/mol. The minimum absolute atomic E-state index is 0.235. The van der Waals surface area contributed by atoms with Crippen molar-refractivity contribution >= 4 is 34.0 Å². The van der Waals surface area contributed by atoms with Gasteiger partial charge in [-0.15, -0.1) is 22.9 Å². The highest BCUT2D eigenvalue weighted by atomic mass is 35.5. The fourth-order valence-corrected chi connectivity index (χ4v) is 3.57. The number of hydrogen-bond acceptors (Lipinski definition) is 2. The lowest BCUT2D eigenvalue weighted by Gasteiger charge is -2.07. The number of thiophene rings is 1. The van der Waals surface area contributed by atoms with E-state index in [9.17, 15) is 4.39 Å². The second-order valence-corrected chi connectivity index (χ2v) is 6.54. The molecule has 0 atom stereocenters.